The molecule has 3 rings (SSSR count). The highest BCUT2D eigenvalue weighted by molar-refractivity contribution is 7.54. The van der Waals surface area contributed by atoms with Crippen molar-refractivity contribution in [1.29, 1.82) is 0 Å². The van der Waals surface area contributed by atoms with Crippen LogP contribution in [0.1, 0.15) is 36.8 Å². The van der Waals surface area contributed by atoms with Crippen molar-refractivity contribution in [3.05, 3.63) is 71.8 Å². The molecule has 1 saturated heterocycles. The van der Waals surface area contributed by atoms with E-state index in [4.69, 9.17) is 13.8 Å². The summed E-state index contributed by atoms with van der Waals surface area (Å²) < 4.78 is 30.5. The van der Waals surface area contributed by atoms with Crippen LogP contribution in [0.2, 0.25) is 0 Å². The van der Waals surface area contributed by atoms with Crippen LogP contribution in [0.5, 0.6) is 0 Å². The lowest BCUT2D eigenvalue weighted by Gasteiger charge is -2.51. The van der Waals surface area contributed by atoms with E-state index in [2.05, 4.69) is 0 Å². The van der Waals surface area contributed by atoms with Gasteiger partial charge in [-0.15, -0.1) is 0 Å². The summed E-state index contributed by atoms with van der Waals surface area (Å²) in [5.74, 6) is -1.08. The number of hydrogen-bond acceptors (Lipinski definition) is 5. The van der Waals surface area contributed by atoms with Crippen molar-refractivity contribution < 1.29 is 23.1 Å². The third-order valence-corrected chi connectivity index (χ3v) is 7.14. The Kier molecular flexibility index (Phi) is 6.68. The predicted molar refractivity (Wildman–Crippen MR) is 107 cm³/mol. The Balaban J connectivity index is 2.11. The Bertz CT molecular complexity index is 819. The van der Waals surface area contributed by atoms with E-state index in [1.54, 1.807) is 18.7 Å². The molecule has 0 spiro atoms. The van der Waals surface area contributed by atoms with Crippen LogP contribution in [-0.2, 0) is 23.1 Å². The van der Waals surface area contributed by atoms with Gasteiger partial charge in [0.25, 0.3) is 5.91 Å². The van der Waals surface area contributed by atoms with Crippen molar-refractivity contribution in [3.63, 3.8) is 0 Å². The van der Waals surface area contributed by atoms with Gasteiger partial charge in [0.2, 0.25) is 0 Å². The molecule has 1 unspecified atom stereocenters. The van der Waals surface area contributed by atoms with Crippen LogP contribution in [0.25, 0.3) is 0 Å². The number of β-lactam (4-membered cyclic amide) rings is 1. The molecule has 1 heterocycles. The van der Waals surface area contributed by atoms with Crippen molar-refractivity contribution in [1.82, 2.24) is 4.90 Å². The summed E-state index contributed by atoms with van der Waals surface area (Å²) >= 11 is 0. The van der Waals surface area contributed by atoms with Crippen LogP contribution in [0.15, 0.2) is 60.7 Å². The summed E-state index contributed by atoms with van der Waals surface area (Å²) in [6, 6.07) is 18.5. The number of methoxy groups -OCH3 is 1. The van der Waals surface area contributed by atoms with Crippen molar-refractivity contribution in [2.75, 3.05) is 20.3 Å². The summed E-state index contributed by atoms with van der Waals surface area (Å²) in [4.78, 5) is 14.6. The first-order valence-electron chi connectivity index (χ1n) is 9.41. The lowest BCUT2D eigenvalue weighted by Crippen LogP contribution is -2.60. The van der Waals surface area contributed by atoms with Crippen molar-refractivity contribution in [2.24, 2.45) is 0 Å². The minimum absolute atomic E-state index is 0.215. The maximum Gasteiger partial charge on any atom is 0.357 e. The van der Waals surface area contributed by atoms with Gasteiger partial charge in [-0.2, -0.15) is 0 Å². The Labute approximate surface area is 165 Å². The van der Waals surface area contributed by atoms with E-state index >= 15 is 0 Å². The molecule has 0 bridgehead atoms. The molecule has 1 fully saturated rings. The van der Waals surface area contributed by atoms with E-state index in [9.17, 15) is 9.36 Å². The molecule has 1 aliphatic heterocycles. The third kappa shape index (κ3) is 3.78. The molecular weight excluding hydrogens is 377 g/mol. The summed E-state index contributed by atoms with van der Waals surface area (Å²) in [5, 5.41) is 0. The van der Waals surface area contributed by atoms with Crippen LogP contribution >= 0.6 is 7.60 Å². The molecule has 28 heavy (non-hydrogen) atoms. The predicted octanol–water partition coefficient (Wildman–Crippen LogP) is 4.55. The molecule has 6 nitrogen and oxygen atoms in total. The van der Waals surface area contributed by atoms with Crippen molar-refractivity contribution in [3.8, 4) is 0 Å². The molecule has 0 aromatic heterocycles. The number of ether oxygens (including phenoxy) is 1. The van der Waals surface area contributed by atoms with E-state index in [0.29, 0.717) is 5.56 Å². The maximum atomic E-state index is 13.8. The number of carbonyl (C=O) groups excluding carboxylic acids is 1. The van der Waals surface area contributed by atoms with Gasteiger partial charge < -0.3 is 18.7 Å². The summed E-state index contributed by atoms with van der Waals surface area (Å²) in [5.41, 5.74) is 1.62. The number of hydrogen-bond donors (Lipinski definition) is 0. The number of amides is 1. The zero-order chi connectivity index (χ0) is 20.1. The van der Waals surface area contributed by atoms with Crippen LogP contribution in [0.4, 0.5) is 0 Å². The van der Waals surface area contributed by atoms with Crippen LogP contribution < -0.4 is 0 Å². The van der Waals surface area contributed by atoms with Gasteiger partial charge in [-0.05, 0) is 25.0 Å². The van der Waals surface area contributed by atoms with Gasteiger partial charge in [0, 0.05) is 7.11 Å². The second-order valence-electron chi connectivity index (χ2n) is 6.42. The number of benzene rings is 2. The largest absolute Gasteiger partial charge is 0.369 e. The monoisotopic (exact) mass is 403 g/mol. The average Bonchev–Trinajstić information content (AvgIpc) is 2.71. The molecule has 2 aromatic rings. The SMILES string of the molecule is CCOP(=O)(OCC)C(c1ccccc1)N1C(=O)[C@H](OC)[C@@H]1c1ccccc1. The second kappa shape index (κ2) is 9.01. The molecule has 0 aliphatic carbocycles. The molecule has 1 aliphatic rings. The Hall–Kier alpha value is -1.98. The van der Waals surface area contributed by atoms with Crippen LogP contribution in [-0.4, -0.2) is 37.2 Å². The van der Waals surface area contributed by atoms with Gasteiger partial charge in [-0.25, -0.2) is 0 Å². The van der Waals surface area contributed by atoms with E-state index in [-0.39, 0.29) is 25.2 Å². The number of carbonyl (C=O) groups is 1. The normalized spacial score (nSPS) is 20.7. The second-order valence-corrected chi connectivity index (χ2v) is 8.50. The number of nitrogens with zero attached hydrogens (tertiary/aromatic N) is 1. The van der Waals surface area contributed by atoms with Gasteiger partial charge in [0.1, 0.15) is 0 Å². The molecule has 1 amide bonds. The van der Waals surface area contributed by atoms with Gasteiger partial charge in [0.15, 0.2) is 11.9 Å². The highest BCUT2D eigenvalue weighted by Gasteiger charge is 2.57. The minimum atomic E-state index is -3.66. The summed E-state index contributed by atoms with van der Waals surface area (Å²) in [6.45, 7) is 3.95. The fourth-order valence-electron chi connectivity index (χ4n) is 3.63. The lowest BCUT2D eigenvalue weighted by molar-refractivity contribution is -0.174. The highest BCUT2D eigenvalue weighted by Crippen LogP contribution is 2.65. The Morgan fingerprint density at radius 1 is 0.964 bits per heavy atom. The topological polar surface area (TPSA) is 65.1 Å². The fraction of sp³-hybridized carbons (Fsp3) is 0.381. The zero-order valence-corrected chi connectivity index (χ0v) is 17.2. The standard InChI is InChI=1S/C21H26NO5P/c1-4-26-28(24,27-5-2)21(17-14-10-7-11-15-17)22-18(19(25-3)20(22)23)16-12-8-6-9-13-16/h6-15,18-19,21H,4-5H2,1-3H3/t18-,19+,21?/m0/s1. The summed E-state index contributed by atoms with van der Waals surface area (Å²) in [6.07, 6.45) is -0.634. The molecular formula is C21H26NO5P. The molecule has 3 atom stereocenters. The Morgan fingerprint density at radius 3 is 2.00 bits per heavy atom. The van der Waals surface area contributed by atoms with Crippen LogP contribution in [0.3, 0.4) is 0 Å². The van der Waals surface area contributed by atoms with E-state index < -0.39 is 19.5 Å². The first-order chi connectivity index (χ1) is 13.6. The molecule has 2 aromatic carbocycles. The van der Waals surface area contributed by atoms with Gasteiger partial charge in [0.05, 0.1) is 19.3 Å². The molecule has 7 heteroatoms. The molecule has 0 saturated carbocycles. The molecule has 150 valence electrons. The zero-order valence-electron chi connectivity index (χ0n) is 16.4. The Morgan fingerprint density at radius 2 is 1.50 bits per heavy atom. The maximum absolute atomic E-state index is 13.8. The highest BCUT2D eigenvalue weighted by atomic mass is 31.2. The van der Waals surface area contributed by atoms with Gasteiger partial charge in [-0.3, -0.25) is 9.36 Å². The fourth-order valence-corrected chi connectivity index (χ4v) is 5.81. The molecule has 0 N–H and O–H groups in total. The first kappa shape index (κ1) is 20.7. The lowest BCUT2D eigenvalue weighted by atomic mass is 9.90. The van der Waals surface area contributed by atoms with Gasteiger partial charge >= 0.3 is 7.60 Å². The van der Waals surface area contributed by atoms with Crippen LogP contribution in [0, 0.1) is 0 Å². The average molecular weight is 403 g/mol. The van der Waals surface area contributed by atoms with E-state index in [1.807, 2.05) is 60.7 Å². The molecule has 0 radical (unpaired) electrons. The smallest absolute Gasteiger partial charge is 0.357 e. The van der Waals surface area contributed by atoms with Crippen molar-refractivity contribution in [2.45, 2.75) is 31.8 Å². The first-order valence-corrected chi connectivity index (χ1v) is 11.0. The quantitative estimate of drug-likeness (QED) is 0.454. The van der Waals surface area contributed by atoms with E-state index in [0.717, 1.165) is 5.56 Å². The number of likely N-dealkylation sites (tertiary alicyclic amines) is 1. The van der Waals surface area contributed by atoms with Gasteiger partial charge in [-0.1, -0.05) is 60.7 Å². The van der Waals surface area contributed by atoms with E-state index in [1.165, 1.54) is 7.11 Å². The van der Waals surface area contributed by atoms with Crippen molar-refractivity contribution >= 4 is 13.5 Å². The summed E-state index contributed by atoms with van der Waals surface area (Å²) in [7, 11) is -2.14. The number of rotatable bonds is 9. The minimum Gasteiger partial charge on any atom is -0.369 e. The third-order valence-electron chi connectivity index (χ3n) is 4.76.